The van der Waals surface area contributed by atoms with E-state index in [2.05, 4.69) is 0 Å². The second-order valence-corrected chi connectivity index (χ2v) is 4.78. The van der Waals surface area contributed by atoms with Crippen LogP contribution >= 0.6 is 0 Å². The van der Waals surface area contributed by atoms with E-state index in [1.807, 2.05) is 6.07 Å². The summed E-state index contributed by atoms with van der Waals surface area (Å²) in [4.78, 5) is 23.4. The molecule has 0 aromatic heterocycles. The van der Waals surface area contributed by atoms with Gasteiger partial charge in [0.15, 0.2) is 0 Å². The van der Waals surface area contributed by atoms with Gasteiger partial charge in [-0.3, -0.25) is 20.3 Å². The lowest BCUT2D eigenvalue weighted by molar-refractivity contribution is -0.384. The lowest BCUT2D eigenvalue weighted by atomic mass is 9.99. The van der Waals surface area contributed by atoms with E-state index in [9.17, 15) is 14.9 Å². The summed E-state index contributed by atoms with van der Waals surface area (Å²) in [5.41, 5.74) is 1.45. The molecule has 2 aromatic carbocycles. The largest absolute Gasteiger partial charge is 0.315 e. The maximum absolute atomic E-state index is 11.6. The van der Waals surface area contributed by atoms with Gasteiger partial charge in [-0.1, -0.05) is 30.3 Å². The monoisotopic (exact) mass is 297 g/mol. The number of carbonyl (C=O) groups excluding carboxylic acids is 1. The van der Waals surface area contributed by atoms with Crippen molar-refractivity contribution in [2.45, 2.75) is 6.92 Å². The Bertz CT molecular complexity index is 742. The fourth-order valence-electron chi connectivity index (χ4n) is 2.06. The van der Waals surface area contributed by atoms with Gasteiger partial charge in [-0.25, -0.2) is 0 Å². The number of amides is 1. The Morgan fingerprint density at radius 1 is 1.18 bits per heavy atom. The smallest absolute Gasteiger partial charge is 0.270 e. The van der Waals surface area contributed by atoms with E-state index in [4.69, 9.17) is 5.41 Å². The van der Waals surface area contributed by atoms with Gasteiger partial charge in [0.05, 0.1) is 16.3 Å². The van der Waals surface area contributed by atoms with Crippen LogP contribution in [-0.2, 0) is 4.79 Å². The molecule has 0 radical (unpaired) electrons. The van der Waals surface area contributed by atoms with Gasteiger partial charge >= 0.3 is 0 Å². The standard InChI is InChI=1S/C16H15N3O3/c1-11(20)18(2)15-9-8-13(19(21)22)10-14(15)16(17)12-6-4-3-5-7-12/h3-10,17H,1-2H3. The van der Waals surface area contributed by atoms with E-state index in [1.165, 1.54) is 30.0 Å². The predicted octanol–water partition coefficient (Wildman–Crippen LogP) is 2.99. The molecular formula is C16H15N3O3. The first-order valence-corrected chi connectivity index (χ1v) is 6.59. The summed E-state index contributed by atoms with van der Waals surface area (Å²) >= 11 is 0. The molecule has 0 spiro atoms. The molecule has 22 heavy (non-hydrogen) atoms. The third-order valence-corrected chi connectivity index (χ3v) is 3.36. The van der Waals surface area contributed by atoms with Crippen molar-refractivity contribution >= 4 is 23.0 Å². The number of anilines is 1. The SMILES string of the molecule is CC(=O)N(C)c1ccc([N+](=O)[O-])cc1C(=N)c1ccccc1. The van der Waals surface area contributed by atoms with Crippen LogP contribution in [0.1, 0.15) is 18.1 Å². The fraction of sp³-hybridized carbons (Fsp3) is 0.125. The van der Waals surface area contributed by atoms with Gasteiger partial charge in [0.1, 0.15) is 0 Å². The van der Waals surface area contributed by atoms with Gasteiger partial charge in [0.25, 0.3) is 5.69 Å². The van der Waals surface area contributed by atoms with E-state index in [0.717, 1.165) is 0 Å². The van der Waals surface area contributed by atoms with Crippen molar-refractivity contribution in [3.05, 3.63) is 69.8 Å². The van der Waals surface area contributed by atoms with Gasteiger partial charge in [-0.05, 0) is 6.07 Å². The molecule has 0 saturated carbocycles. The summed E-state index contributed by atoms with van der Waals surface area (Å²) in [5, 5.41) is 19.3. The molecule has 0 fully saturated rings. The summed E-state index contributed by atoms with van der Waals surface area (Å²) in [6.45, 7) is 1.40. The van der Waals surface area contributed by atoms with E-state index >= 15 is 0 Å². The number of hydrogen-bond donors (Lipinski definition) is 1. The molecule has 0 heterocycles. The molecule has 0 bridgehead atoms. The molecule has 2 rings (SSSR count). The summed E-state index contributed by atoms with van der Waals surface area (Å²) in [6.07, 6.45) is 0. The highest BCUT2D eigenvalue weighted by Gasteiger charge is 2.19. The van der Waals surface area contributed by atoms with Crippen LogP contribution in [0.2, 0.25) is 0 Å². The first-order valence-electron chi connectivity index (χ1n) is 6.59. The van der Waals surface area contributed by atoms with Gasteiger partial charge in [0.2, 0.25) is 5.91 Å². The summed E-state index contributed by atoms with van der Waals surface area (Å²) in [6, 6.07) is 13.0. The molecule has 0 atom stereocenters. The number of nitro benzene ring substituents is 1. The zero-order valence-corrected chi connectivity index (χ0v) is 12.2. The minimum atomic E-state index is -0.515. The van der Waals surface area contributed by atoms with Crippen molar-refractivity contribution in [3.8, 4) is 0 Å². The molecule has 1 N–H and O–H groups in total. The lowest BCUT2D eigenvalue weighted by Gasteiger charge is -2.19. The summed E-state index contributed by atoms with van der Waals surface area (Å²) < 4.78 is 0. The predicted molar refractivity (Wildman–Crippen MR) is 84.6 cm³/mol. The van der Waals surface area contributed by atoms with Gasteiger partial charge in [-0.15, -0.1) is 0 Å². The second kappa shape index (κ2) is 6.17. The number of non-ortho nitro benzene ring substituents is 1. The van der Waals surface area contributed by atoms with Crippen LogP contribution in [0.25, 0.3) is 0 Å². The molecule has 0 saturated heterocycles. The zero-order valence-electron chi connectivity index (χ0n) is 12.2. The topological polar surface area (TPSA) is 87.3 Å². The Kier molecular flexibility index (Phi) is 4.31. The minimum Gasteiger partial charge on any atom is -0.315 e. The van der Waals surface area contributed by atoms with E-state index < -0.39 is 4.92 Å². The third-order valence-electron chi connectivity index (χ3n) is 3.36. The Hall–Kier alpha value is -3.02. The Morgan fingerprint density at radius 2 is 1.82 bits per heavy atom. The van der Waals surface area contributed by atoms with E-state index in [0.29, 0.717) is 16.8 Å². The molecule has 112 valence electrons. The van der Waals surface area contributed by atoms with Gasteiger partial charge in [0, 0.05) is 37.2 Å². The molecule has 0 unspecified atom stereocenters. The van der Waals surface area contributed by atoms with Crippen molar-refractivity contribution in [2.75, 3.05) is 11.9 Å². The number of carbonyl (C=O) groups is 1. The van der Waals surface area contributed by atoms with Crippen molar-refractivity contribution in [1.29, 1.82) is 5.41 Å². The van der Waals surface area contributed by atoms with Crippen LogP contribution in [0.4, 0.5) is 11.4 Å². The number of nitrogens with one attached hydrogen (secondary N) is 1. The first kappa shape index (κ1) is 15.4. The number of nitro groups is 1. The van der Waals surface area contributed by atoms with Crippen LogP contribution in [0.15, 0.2) is 48.5 Å². The quantitative estimate of drug-likeness (QED) is 0.534. The molecule has 0 aliphatic heterocycles. The fourth-order valence-corrected chi connectivity index (χ4v) is 2.06. The molecule has 6 heteroatoms. The van der Waals surface area contributed by atoms with Crippen LogP contribution in [0.5, 0.6) is 0 Å². The Morgan fingerprint density at radius 3 is 2.36 bits per heavy atom. The maximum Gasteiger partial charge on any atom is 0.270 e. The summed E-state index contributed by atoms with van der Waals surface area (Å²) in [5.74, 6) is -0.212. The molecule has 6 nitrogen and oxygen atoms in total. The highest BCUT2D eigenvalue weighted by molar-refractivity contribution is 6.15. The summed E-state index contributed by atoms with van der Waals surface area (Å²) in [7, 11) is 1.57. The van der Waals surface area contributed by atoms with Crippen molar-refractivity contribution in [2.24, 2.45) is 0 Å². The Labute approximate surface area is 127 Å². The number of nitrogens with zero attached hydrogens (tertiary/aromatic N) is 2. The number of rotatable bonds is 4. The van der Waals surface area contributed by atoms with Gasteiger partial charge < -0.3 is 4.90 Å². The van der Waals surface area contributed by atoms with Crippen LogP contribution in [0.3, 0.4) is 0 Å². The second-order valence-electron chi connectivity index (χ2n) is 4.78. The number of hydrogen-bond acceptors (Lipinski definition) is 4. The highest BCUT2D eigenvalue weighted by Crippen LogP contribution is 2.27. The molecule has 0 aliphatic rings. The first-order chi connectivity index (χ1) is 10.4. The van der Waals surface area contributed by atoms with Crippen LogP contribution < -0.4 is 4.90 Å². The van der Waals surface area contributed by atoms with Crippen LogP contribution in [-0.4, -0.2) is 23.6 Å². The van der Waals surface area contributed by atoms with Gasteiger partial charge in [-0.2, -0.15) is 0 Å². The number of benzene rings is 2. The van der Waals surface area contributed by atoms with E-state index in [-0.39, 0.29) is 17.3 Å². The average Bonchev–Trinajstić information content (AvgIpc) is 2.53. The zero-order chi connectivity index (χ0) is 16.3. The third kappa shape index (κ3) is 3.01. The van der Waals surface area contributed by atoms with Crippen molar-refractivity contribution in [1.82, 2.24) is 0 Å². The highest BCUT2D eigenvalue weighted by atomic mass is 16.6. The van der Waals surface area contributed by atoms with E-state index in [1.54, 1.807) is 31.3 Å². The molecule has 1 amide bonds. The average molecular weight is 297 g/mol. The molecular weight excluding hydrogens is 282 g/mol. The maximum atomic E-state index is 11.6. The van der Waals surface area contributed by atoms with Crippen molar-refractivity contribution < 1.29 is 9.72 Å². The van der Waals surface area contributed by atoms with Crippen molar-refractivity contribution in [3.63, 3.8) is 0 Å². The lowest BCUT2D eigenvalue weighted by Crippen LogP contribution is -2.25. The normalized spacial score (nSPS) is 10.1. The Balaban J connectivity index is 2.59. The van der Waals surface area contributed by atoms with Crippen LogP contribution in [0, 0.1) is 15.5 Å². The molecule has 0 aliphatic carbocycles. The minimum absolute atomic E-state index is 0.114. The molecule has 2 aromatic rings.